The second-order valence-electron chi connectivity index (χ2n) is 3.91. The zero-order chi connectivity index (χ0) is 12.4. The number of pyridine rings is 1. The topological polar surface area (TPSA) is 97.5 Å². The number of nitrogens with one attached hydrogen (secondary N) is 1. The molecule has 1 aromatic heterocycles. The molecule has 0 aromatic carbocycles. The van der Waals surface area contributed by atoms with Gasteiger partial charge in [0.2, 0.25) is 0 Å². The number of ether oxygens (including phenoxy) is 1. The Labute approximate surface area is 97.6 Å². The summed E-state index contributed by atoms with van der Waals surface area (Å²) in [4.78, 5) is 14.2. The molecule has 1 saturated heterocycles. The first kappa shape index (κ1) is 11.7. The summed E-state index contributed by atoms with van der Waals surface area (Å²) in [6.45, 7) is 2.27. The van der Waals surface area contributed by atoms with Gasteiger partial charge in [-0.3, -0.25) is 10.1 Å². The van der Waals surface area contributed by atoms with Gasteiger partial charge in [0.05, 0.1) is 30.3 Å². The van der Waals surface area contributed by atoms with Crippen LogP contribution in [0, 0.1) is 17.0 Å². The molecule has 17 heavy (non-hydrogen) atoms. The summed E-state index contributed by atoms with van der Waals surface area (Å²) in [6, 6.07) is 2.70. The average molecular weight is 239 g/mol. The van der Waals surface area contributed by atoms with Gasteiger partial charge in [0.1, 0.15) is 11.5 Å². The van der Waals surface area contributed by atoms with Crippen LogP contribution in [0.3, 0.4) is 0 Å². The van der Waals surface area contributed by atoms with Crippen LogP contribution >= 0.6 is 0 Å². The Bertz CT molecular complexity index is 438. The normalized spacial score (nSPS) is 23.6. The van der Waals surface area contributed by atoms with E-state index in [-0.39, 0.29) is 11.7 Å². The minimum atomic E-state index is -0.577. The highest BCUT2D eigenvalue weighted by atomic mass is 16.6. The maximum absolute atomic E-state index is 10.6. The summed E-state index contributed by atoms with van der Waals surface area (Å²) in [5.74, 6) is 0.502. The lowest BCUT2D eigenvalue weighted by atomic mass is 10.2. The molecular weight excluding hydrogens is 226 g/mol. The molecular formula is C10H13N3O4. The Hall–Kier alpha value is -1.73. The molecule has 1 aliphatic rings. The van der Waals surface area contributed by atoms with E-state index < -0.39 is 11.0 Å². The largest absolute Gasteiger partial charge is 0.388 e. The van der Waals surface area contributed by atoms with E-state index in [1.54, 1.807) is 6.92 Å². The lowest BCUT2D eigenvalue weighted by Gasteiger charge is -2.15. The standard InChI is InChI=1S/C10H13N3O4/c1-6-8(13(15)16)2-3-10(11-6)12-7-4-17-5-9(7)14/h2-3,7,9,14H,4-5H2,1H3,(H,11,12)/t7-,9+/m0/s1. The predicted octanol–water partition coefficient (Wildman–Crippen LogP) is 0.470. The summed E-state index contributed by atoms with van der Waals surface area (Å²) in [5.41, 5.74) is 0.326. The monoisotopic (exact) mass is 239 g/mol. The summed E-state index contributed by atoms with van der Waals surface area (Å²) in [7, 11) is 0. The molecule has 0 spiro atoms. The third-order valence-corrected chi connectivity index (χ3v) is 2.64. The molecule has 2 rings (SSSR count). The van der Waals surface area contributed by atoms with E-state index in [1.807, 2.05) is 0 Å². The number of hydrogen-bond acceptors (Lipinski definition) is 6. The Kier molecular flexibility index (Phi) is 3.21. The van der Waals surface area contributed by atoms with E-state index in [2.05, 4.69) is 10.3 Å². The van der Waals surface area contributed by atoms with Gasteiger partial charge in [-0.1, -0.05) is 0 Å². The van der Waals surface area contributed by atoms with Crippen molar-refractivity contribution in [2.45, 2.75) is 19.1 Å². The molecule has 2 atom stereocenters. The number of anilines is 1. The highest BCUT2D eigenvalue weighted by molar-refractivity contribution is 5.45. The second kappa shape index (κ2) is 4.64. The first-order valence-electron chi connectivity index (χ1n) is 5.22. The Morgan fingerprint density at radius 3 is 2.88 bits per heavy atom. The van der Waals surface area contributed by atoms with E-state index in [0.717, 1.165) is 0 Å². The van der Waals surface area contributed by atoms with E-state index in [4.69, 9.17) is 4.74 Å². The van der Waals surface area contributed by atoms with Crippen molar-refractivity contribution in [2.75, 3.05) is 18.5 Å². The van der Waals surface area contributed by atoms with Gasteiger partial charge in [-0.15, -0.1) is 0 Å². The number of nitro groups is 1. The smallest absolute Gasteiger partial charge is 0.290 e. The minimum absolute atomic E-state index is 0.0150. The van der Waals surface area contributed by atoms with Crippen molar-refractivity contribution in [3.8, 4) is 0 Å². The van der Waals surface area contributed by atoms with E-state index >= 15 is 0 Å². The van der Waals surface area contributed by atoms with Crippen LogP contribution in [0.15, 0.2) is 12.1 Å². The maximum Gasteiger partial charge on any atom is 0.290 e. The van der Waals surface area contributed by atoms with Gasteiger partial charge in [-0.2, -0.15) is 0 Å². The van der Waals surface area contributed by atoms with Gasteiger partial charge >= 0.3 is 0 Å². The van der Waals surface area contributed by atoms with Crippen LogP contribution in [0.1, 0.15) is 5.69 Å². The molecule has 92 valence electrons. The quantitative estimate of drug-likeness (QED) is 0.587. The van der Waals surface area contributed by atoms with Gasteiger partial charge in [-0.25, -0.2) is 4.98 Å². The van der Waals surface area contributed by atoms with Crippen molar-refractivity contribution >= 4 is 11.5 Å². The van der Waals surface area contributed by atoms with Crippen LogP contribution in [0.2, 0.25) is 0 Å². The van der Waals surface area contributed by atoms with Crippen molar-refractivity contribution in [2.24, 2.45) is 0 Å². The molecule has 0 radical (unpaired) electrons. The van der Waals surface area contributed by atoms with Gasteiger partial charge < -0.3 is 15.2 Å². The van der Waals surface area contributed by atoms with Crippen LogP contribution in [-0.4, -0.2) is 40.4 Å². The van der Waals surface area contributed by atoms with E-state index in [1.165, 1.54) is 12.1 Å². The van der Waals surface area contributed by atoms with Crippen LogP contribution in [0.25, 0.3) is 0 Å². The molecule has 7 nitrogen and oxygen atoms in total. The zero-order valence-corrected chi connectivity index (χ0v) is 9.29. The SMILES string of the molecule is Cc1nc(N[C@H]2COC[C@H]2O)ccc1[N+](=O)[O-]. The summed E-state index contributed by atoms with van der Waals surface area (Å²) < 4.78 is 5.09. The van der Waals surface area contributed by atoms with Crippen molar-refractivity contribution < 1.29 is 14.8 Å². The van der Waals surface area contributed by atoms with Crippen molar-refractivity contribution in [3.05, 3.63) is 27.9 Å². The third kappa shape index (κ3) is 2.51. The van der Waals surface area contributed by atoms with Gasteiger partial charge in [0.15, 0.2) is 0 Å². The van der Waals surface area contributed by atoms with Gasteiger partial charge in [0.25, 0.3) is 5.69 Å². The molecule has 0 bridgehead atoms. The minimum Gasteiger partial charge on any atom is -0.388 e. The Morgan fingerprint density at radius 1 is 1.59 bits per heavy atom. The van der Waals surface area contributed by atoms with Crippen LogP contribution in [0.4, 0.5) is 11.5 Å². The fourth-order valence-electron chi connectivity index (χ4n) is 1.70. The van der Waals surface area contributed by atoms with Crippen molar-refractivity contribution in [1.82, 2.24) is 4.98 Å². The Morgan fingerprint density at radius 2 is 2.35 bits per heavy atom. The molecule has 0 aliphatic carbocycles. The summed E-state index contributed by atoms with van der Waals surface area (Å²) in [5, 5.41) is 23.1. The fourth-order valence-corrected chi connectivity index (χ4v) is 1.70. The van der Waals surface area contributed by atoms with Crippen LogP contribution in [-0.2, 0) is 4.74 Å². The number of aliphatic hydroxyl groups excluding tert-OH is 1. The number of nitrogens with zero attached hydrogens (tertiary/aromatic N) is 2. The van der Waals surface area contributed by atoms with E-state index in [0.29, 0.717) is 24.7 Å². The zero-order valence-electron chi connectivity index (χ0n) is 9.29. The summed E-state index contributed by atoms with van der Waals surface area (Å²) in [6.07, 6.45) is -0.577. The molecule has 0 saturated carbocycles. The van der Waals surface area contributed by atoms with Crippen LogP contribution in [0.5, 0.6) is 0 Å². The number of aromatic nitrogens is 1. The first-order valence-corrected chi connectivity index (χ1v) is 5.22. The van der Waals surface area contributed by atoms with Gasteiger partial charge in [-0.05, 0) is 13.0 Å². The van der Waals surface area contributed by atoms with E-state index in [9.17, 15) is 15.2 Å². The molecule has 2 N–H and O–H groups in total. The predicted molar refractivity (Wildman–Crippen MR) is 59.9 cm³/mol. The van der Waals surface area contributed by atoms with Crippen LogP contribution < -0.4 is 5.32 Å². The average Bonchev–Trinajstić information content (AvgIpc) is 2.64. The lowest BCUT2D eigenvalue weighted by molar-refractivity contribution is -0.385. The molecule has 7 heteroatoms. The molecule has 0 amide bonds. The summed E-state index contributed by atoms with van der Waals surface area (Å²) >= 11 is 0. The molecule has 1 fully saturated rings. The first-order chi connectivity index (χ1) is 8.08. The van der Waals surface area contributed by atoms with Gasteiger partial charge in [0, 0.05) is 6.07 Å². The maximum atomic E-state index is 10.6. The van der Waals surface area contributed by atoms with Crippen molar-refractivity contribution in [3.63, 3.8) is 0 Å². The molecule has 2 heterocycles. The molecule has 1 aromatic rings. The third-order valence-electron chi connectivity index (χ3n) is 2.64. The van der Waals surface area contributed by atoms with Crippen molar-refractivity contribution in [1.29, 1.82) is 0 Å². The molecule has 1 aliphatic heterocycles. The highest BCUT2D eigenvalue weighted by Gasteiger charge is 2.26. The number of aliphatic hydroxyl groups is 1. The fraction of sp³-hybridized carbons (Fsp3) is 0.500. The highest BCUT2D eigenvalue weighted by Crippen LogP contribution is 2.19. The Balaban J connectivity index is 2.12. The number of rotatable bonds is 3. The lowest BCUT2D eigenvalue weighted by Crippen LogP contribution is -2.32. The molecule has 0 unspecified atom stereocenters. The number of aryl methyl sites for hydroxylation is 1. The number of hydrogen-bond donors (Lipinski definition) is 2. The second-order valence-corrected chi connectivity index (χ2v) is 3.91.